The molecule has 2 rings (SSSR count). The van der Waals surface area contributed by atoms with Crippen LogP contribution in [0.15, 0.2) is 53.4 Å². The third kappa shape index (κ3) is 6.79. The van der Waals surface area contributed by atoms with E-state index >= 15 is 0 Å². The average Bonchev–Trinajstić information content (AvgIpc) is 2.72. The number of carbonyl (C=O) groups excluding carboxylic acids is 2. The van der Waals surface area contributed by atoms with Crippen LogP contribution in [0.25, 0.3) is 0 Å². The molecular weight excluding hydrogens is 398 g/mol. The van der Waals surface area contributed by atoms with Crippen LogP contribution >= 0.6 is 0 Å². The Morgan fingerprint density at radius 3 is 2.24 bits per heavy atom. The molecule has 156 valence electrons. The number of sulfonamides is 1. The number of nitrogens with one attached hydrogen (secondary N) is 1. The Morgan fingerprint density at radius 2 is 1.66 bits per heavy atom. The first kappa shape index (κ1) is 22.2. The van der Waals surface area contributed by atoms with E-state index in [4.69, 9.17) is 9.47 Å². The summed E-state index contributed by atoms with van der Waals surface area (Å²) in [5.74, 6) is -0.656. The summed E-state index contributed by atoms with van der Waals surface area (Å²) in [6.07, 6.45) is 1.71. The number of benzene rings is 2. The molecule has 0 aliphatic rings. The van der Waals surface area contributed by atoms with Gasteiger partial charge in [0, 0.05) is 5.69 Å². The van der Waals surface area contributed by atoms with Gasteiger partial charge in [0.1, 0.15) is 5.75 Å². The maximum atomic E-state index is 12.5. The van der Waals surface area contributed by atoms with Crippen LogP contribution < -0.4 is 9.46 Å². The van der Waals surface area contributed by atoms with Gasteiger partial charge in [0.25, 0.3) is 10.0 Å². The molecule has 0 amide bonds. The molecule has 0 aliphatic heterocycles. The minimum atomic E-state index is -3.83. The predicted molar refractivity (Wildman–Crippen MR) is 106 cm³/mol. The van der Waals surface area contributed by atoms with E-state index in [1.54, 1.807) is 0 Å². The number of ether oxygens (including phenoxy) is 3. The van der Waals surface area contributed by atoms with Crippen molar-refractivity contribution in [3.63, 3.8) is 0 Å². The minimum absolute atomic E-state index is 0.0194. The summed E-state index contributed by atoms with van der Waals surface area (Å²) >= 11 is 0. The summed E-state index contributed by atoms with van der Waals surface area (Å²) in [6.45, 7) is 2.08. The van der Waals surface area contributed by atoms with E-state index in [9.17, 15) is 18.0 Å². The molecule has 0 bridgehead atoms. The molecule has 0 aliphatic carbocycles. The first-order valence-electron chi connectivity index (χ1n) is 8.95. The fourth-order valence-electron chi connectivity index (χ4n) is 2.20. The van der Waals surface area contributed by atoms with Crippen molar-refractivity contribution in [1.29, 1.82) is 0 Å². The number of methoxy groups -OCH3 is 1. The molecule has 9 heteroatoms. The maximum absolute atomic E-state index is 12.5. The zero-order valence-electron chi connectivity index (χ0n) is 16.2. The third-order valence-electron chi connectivity index (χ3n) is 3.82. The monoisotopic (exact) mass is 421 g/mol. The van der Waals surface area contributed by atoms with Crippen molar-refractivity contribution >= 4 is 27.6 Å². The smallest absolute Gasteiger partial charge is 0.343 e. The molecule has 0 aromatic heterocycles. The molecule has 0 fully saturated rings. The topological polar surface area (TPSA) is 108 Å². The van der Waals surface area contributed by atoms with E-state index < -0.39 is 22.0 Å². The number of hydrogen-bond acceptors (Lipinski definition) is 7. The number of unbranched alkanes of at least 4 members (excludes halogenated alkanes) is 1. The lowest BCUT2D eigenvalue weighted by Gasteiger charge is -2.10. The summed E-state index contributed by atoms with van der Waals surface area (Å²) in [7, 11) is -2.59. The standard InChI is InChI=1S/C20H23NO7S/c1-3-4-13-27-20(23)15-5-7-16(8-6-15)21-29(24,25)18-11-9-17(10-12-18)28-14-19(22)26-2/h5-12,21H,3-4,13-14H2,1-2H3. The van der Waals surface area contributed by atoms with Gasteiger partial charge in [-0.3, -0.25) is 4.72 Å². The van der Waals surface area contributed by atoms with Gasteiger partial charge < -0.3 is 14.2 Å². The highest BCUT2D eigenvalue weighted by Gasteiger charge is 2.15. The van der Waals surface area contributed by atoms with Crippen LogP contribution in [0.3, 0.4) is 0 Å². The van der Waals surface area contributed by atoms with Crippen molar-refractivity contribution in [2.75, 3.05) is 25.0 Å². The molecule has 2 aromatic carbocycles. The molecule has 0 heterocycles. The van der Waals surface area contributed by atoms with Crippen molar-refractivity contribution in [1.82, 2.24) is 0 Å². The van der Waals surface area contributed by atoms with E-state index in [1.807, 2.05) is 6.92 Å². The zero-order valence-corrected chi connectivity index (χ0v) is 17.0. The van der Waals surface area contributed by atoms with Gasteiger partial charge in [-0.05, 0) is 55.0 Å². The molecule has 0 radical (unpaired) electrons. The lowest BCUT2D eigenvalue weighted by Crippen LogP contribution is -2.14. The summed E-state index contributed by atoms with van der Waals surface area (Å²) in [5, 5.41) is 0. The van der Waals surface area contributed by atoms with Crippen molar-refractivity contribution in [2.45, 2.75) is 24.7 Å². The largest absolute Gasteiger partial charge is 0.482 e. The number of hydrogen-bond donors (Lipinski definition) is 1. The van der Waals surface area contributed by atoms with Crippen LogP contribution in [0, 0.1) is 0 Å². The predicted octanol–water partition coefficient (Wildman–Crippen LogP) is 3.00. The molecule has 0 spiro atoms. The Balaban J connectivity index is 1.99. The fraction of sp³-hybridized carbons (Fsp3) is 0.300. The highest BCUT2D eigenvalue weighted by Crippen LogP contribution is 2.20. The number of rotatable bonds is 10. The lowest BCUT2D eigenvalue weighted by molar-refractivity contribution is -0.142. The van der Waals surface area contributed by atoms with Crippen molar-refractivity contribution in [3.8, 4) is 5.75 Å². The third-order valence-corrected chi connectivity index (χ3v) is 5.22. The SMILES string of the molecule is CCCCOC(=O)c1ccc(NS(=O)(=O)c2ccc(OCC(=O)OC)cc2)cc1. The summed E-state index contributed by atoms with van der Waals surface area (Å²) in [4.78, 5) is 23.0. The van der Waals surface area contributed by atoms with Gasteiger partial charge in [-0.25, -0.2) is 18.0 Å². The van der Waals surface area contributed by atoms with Gasteiger partial charge in [0.2, 0.25) is 0 Å². The Hall–Kier alpha value is -3.07. The van der Waals surface area contributed by atoms with E-state index in [0.29, 0.717) is 23.6 Å². The molecule has 8 nitrogen and oxygen atoms in total. The second kappa shape index (κ2) is 10.5. The highest BCUT2D eigenvalue weighted by molar-refractivity contribution is 7.92. The van der Waals surface area contributed by atoms with Crippen LogP contribution in [0.2, 0.25) is 0 Å². The summed E-state index contributed by atoms with van der Waals surface area (Å²) in [6, 6.07) is 11.6. The van der Waals surface area contributed by atoms with Gasteiger partial charge in [0.05, 0.1) is 24.2 Å². The van der Waals surface area contributed by atoms with Gasteiger partial charge in [0.15, 0.2) is 6.61 Å². The second-order valence-electron chi connectivity index (χ2n) is 6.01. The molecule has 29 heavy (non-hydrogen) atoms. The van der Waals surface area contributed by atoms with E-state index in [2.05, 4.69) is 9.46 Å². The number of carbonyl (C=O) groups is 2. The number of esters is 2. The molecule has 0 atom stereocenters. The second-order valence-corrected chi connectivity index (χ2v) is 7.69. The molecular formula is C20H23NO7S. The van der Waals surface area contributed by atoms with Crippen LogP contribution in [0.4, 0.5) is 5.69 Å². The highest BCUT2D eigenvalue weighted by atomic mass is 32.2. The van der Waals surface area contributed by atoms with Crippen LogP contribution in [0.1, 0.15) is 30.1 Å². The first-order valence-corrected chi connectivity index (χ1v) is 10.4. The average molecular weight is 421 g/mol. The fourth-order valence-corrected chi connectivity index (χ4v) is 3.26. The molecule has 0 saturated heterocycles. The Kier molecular flexibility index (Phi) is 8.02. The first-order chi connectivity index (χ1) is 13.9. The van der Waals surface area contributed by atoms with E-state index in [-0.39, 0.29) is 11.5 Å². The van der Waals surface area contributed by atoms with Gasteiger partial charge in [-0.2, -0.15) is 0 Å². The normalized spacial score (nSPS) is 10.8. The van der Waals surface area contributed by atoms with Crippen molar-refractivity contribution in [3.05, 3.63) is 54.1 Å². The maximum Gasteiger partial charge on any atom is 0.343 e. The van der Waals surface area contributed by atoms with Crippen LogP contribution in [-0.2, 0) is 24.3 Å². The van der Waals surface area contributed by atoms with Crippen LogP contribution in [0.5, 0.6) is 5.75 Å². The quantitative estimate of drug-likeness (QED) is 0.464. The van der Waals surface area contributed by atoms with Gasteiger partial charge in [-0.15, -0.1) is 0 Å². The molecule has 0 saturated carbocycles. The molecule has 2 aromatic rings. The molecule has 1 N–H and O–H groups in total. The van der Waals surface area contributed by atoms with E-state index in [0.717, 1.165) is 12.8 Å². The van der Waals surface area contributed by atoms with Gasteiger partial charge in [-0.1, -0.05) is 13.3 Å². The lowest BCUT2D eigenvalue weighted by atomic mass is 10.2. The van der Waals surface area contributed by atoms with Crippen LogP contribution in [-0.4, -0.2) is 40.7 Å². The van der Waals surface area contributed by atoms with Crippen molar-refractivity contribution in [2.24, 2.45) is 0 Å². The zero-order chi connectivity index (χ0) is 21.3. The Morgan fingerprint density at radius 1 is 1.00 bits per heavy atom. The molecule has 0 unspecified atom stereocenters. The Labute approximate surface area is 169 Å². The Bertz CT molecular complexity index is 922. The minimum Gasteiger partial charge on any atom is -0.482 e. The van der Waals surface area contributed by atoms with E-state index in [1.165, 1.54) is 55.6 Å². The summed E-state index contributed by atoms with van der Waals surface area (Å²) in [5.41, 5.74) is 0.650. The van der Waals surface area contributed by atoms with Crippen molar-refractivity contribution < 1.29 is 32.2 Å². The van der Waals surface area contributed by atoms with Gasteiger partial charge >= 0.3 is 11.9 Å². The number of anilines is 1. The summed E-state index contributed by atoms with van der Waals surface area (Å²) < 4.78 is 42.2.